The highest BCUT2D eigenvalue weighted by molar-refractivity contribution is 6.13. The summed E-state index contributed by atoms with van der Waals surface area (Å²) >= 11 is 0. The van der Waals surface area contributed by atoms with E-state index in [-0.39, 0.29) is 122 Å². The molecule has 0 aromatic heterocycles. The molecular formula is C82H109N9O27. The molecule has 0 aliphatic carbocycles. The van der Waals surface area contributed by atoms with E-state index in [9.17, 15) is 58.2 Å². The Kier molecular flexibility index (Phi) is 35.4. The minimum Gasteiger partial charge on any atom is -0.493 e. The van der Waals surface area contributed by atoms with Crippen LogP contribution in [-0.4, -0.2) is 280 Å². The molecule has 10 rings (SSSR count). The van der Waals surface area contributed by atoms with E-state index in [4.69, 9.17) is 71.1 Å². The van der Waals surface area contributed by atoms with Crippen LogP contribution in [0.2, 0.25) is 0 Å². The van der Waals surface area contributed by atoms with E-state index in [1.165, 1.54) is 62.5 Å². The second-order valence-electron chi connectivity index (χ2n) is 28.8. The molecule has 7 atom stereocenters. The van der Waals surface area contributed by atoms with Crippen molar-refractivity contribution in [3.8, 4) is 23.0 Å². The molecule has 6 aliphatic rings. The number of hydrogen-bond acceptors (Lipinski definition) is 26. The van der Waals surface area contributed by atoms with Gasteiger partial charge in [0, 0.05) is 75.6 Å². The number of ether oxygens (including phenoxy) is 15. The first-order valence-electron chi connectivity index (χ1n) is 40.0. The summed E-state index contributed by atoms with van der Waals surface area (Å²) < 4.78 is 86.5. The Hall–Kier alpha value is -10.1. The normalized spacial score (nSPS) is 18.7. The van der Waals surface area contributed by atoms with E-state index in [2.05, 4.69) is 21.3 Å². The third-order valence-electron chi connectivity index (χ3n) is 20.2. The van der Waals surface area contributed by atoms with Crippen LogP contribution >= 0.6 is 0 Å². The van der Waals surface area contributed by atoms with Gasteiger partial charge >= 0.3 is 12.2 Å². The molecule has 36 nitrogen and oxygen atoms in total. The van der Waals surface area contributed by atoms with Crippen molar-refractivity contribution >= 4 is 76.5 Å². The summed E-state index contributed by atoms with van der Waals surface area (Å²) in [5.74, 6) is -3.05. The molecule has 644 valence electrons. The average Bonchev–Trinajstić information content (AvgIpc) is 1.60. The van der Waals surface area contributed by atoms with E-state index in [1.54, 1.807) is 49.1 Å². The van der Waals surface area contributed by atoms with Crippen molar-refractivity contribution in [2.75, 3.05) is 168 Å². The van der Waals surface area contributed by atoms with E-state index in [0.717, 1.165) is 27.5 Å². The fraction of sp³-hybridized carbons (Fsp3) is 0.561. The van der Waals surface area contributed by atoms with Gasteiger partial charge in [-0.05, 0) is 105 Å². The lowest BCUT2D eigenvalue weighted by atomic mass is 10.0. The zero-order valence-electron chi connectivity index (χ0n) is 67.4. The van der Waals surface area contributed by atoms with E-state index >= 15 is 0 Å². The number of methoxy groups -OCH3 is 2. The Labute approximate surface area is 684 Å². The minimum atomic E-state index is -1.53. The van der Waals surface area contributed by atoms with Gasteiger partial charge in [-0.25, -0.2) is 19.4 Å². The van der Waals surface area contributed by atoms with E-state index in [0.29, 0.717) is 167 Å². The van der Waals surface area contributed by atoms with E-state index < -0.39 is 90.5 Å². The zero-order chi connectivity index (χ0) is 83.9. The van der Waals surface area contributed by atoms with Crippen molar-refractivity contribution in [2.24, 2.45) is 5.92 Å². The summed E-state index contributed by atoms with van der Waals surface area (Å²) in [6.07, 6.45) is 1.38. The first-order chi connectivity index (χ1) is 57.2. The maximum Gasteiger partial charge on any atom is 0.416 e. The molecule has 0 radical (unpaired) electrons. The number of amides is 10. The van der Waals surface area contributed by atoms with Gasteiger partial charge in [0.25, 0.3) is 23.6 Å². The SMILES string of the molecule is COc1cc2c(cc1OCc1cccc(COc3cc4c(cc3OC)C(=O)N3CCC[C@H]3[C@H](OC3CCCCO3)N4C(=O)O)c1)N(C(=O)OCc1ccc(NC(=O)[C@H](C)NC(=O)[C@@H](NC(=O)CCOCCOCCOCCOCCOCCOCCOCCOCCNC(=O)CCN3C(=O)C=CC3=O)C(C)C)cc1)[C@@H](O)[C@@H]1CCCN1C2=O. The van der Waals surface area contributed by atoms with Crippen molar-refractivity contribution in [1.82, 2.24) is 30.7 Å². The molecule has 118 heavy (non-hydrogen) atoms. The molecule has 1 unspecified atom stereocenters. The standard InChI is InChI=1S/C82H109N9O27/c1-53(2)74(86-70(93)23-29-106-31-33-108-35-37-110-39-41-112-43-44-113-42-40-111-38-36-109-34-32-107-30-24-83-69(92)22-27-89-71(94)20-21-72(89)95)76(97)84-54(3)75(96)85-58-18-16-55(17-19-58)50-117-82(103)90-63-48-67(65(104-4)46-59(63)77(98)87-25-9-13-61(87)79(90)100)115-51-56-11-8-12-57(45-56)52-116-68-49-64-60(47-66(68)105-5)78(99)88-26-10-14-62(88)80(91(64)81(101)102)118-73-15-6-7-28-114-73/h8,11-12,16-21,45-49,53-54,61-62,73-74,79-80,100H,6-7,9-10,13-15,22-44,50-52H2,1-5H3,(H,83,92)(H,84,97)(H,85,96)(H,86,93)(H,101,102)/t54-,61-,62-,73?,74-,79-,80-/m0/s1. The quantitative estimate of drug-likeness (QED) is 0.0236. The first-order valence-corrected chi connectivity index (χ1v) is 40.0. The number of nitrogens with zero attached hydrogens (tertiary/aromatic N) is 5. The number of fused-ring (bicyclic) bond motifs is 4. The number of carboxylic acid groups (broad SMARTS) is 1. The van der Waals surface area contributed by atoms with Crippen LogP contribution in [0.5, 0.6) is 23.0 Å². The van der Waals surface area contributed by atoms with Crippen molar-refractivity contribution in [3.63, 3.8) is 0 Å². The van der Waals surface area contributed by atoms with Crippen molar-refractivity contribution < 1.29 is 129 Å². The maximum atomic E-state index is 14.4. The second kappa shape index (κ2) is 46.3. The molecule has 6 N–H and O–H groups in total. The number of aliphatic hydroxyl groups excluding tert-OH is 1. The molecule has 0 spiro atoms. The number of rotatable bonds is 48. The van der Waals surface area contributed by atoms with Crippen LogP contribution < -0.4 is 50.0 Å². The van der Waals surface area contributed by atoms with E-state index in [1.807, 2.05) is 18.2 Å². The largest absolute Gasteiger partial charge is 0.493 e. The second-order valence-corrected chi connectivity index (χ2v) is 28.8. The molecule has 0 saturated carbocycles. The van der Waals surface area contributed by atoms with Crippen LogP contribution in [-0.2, 0) is 101 Å². The number of aliphatic hydroxyl groups is 1. The fourth-order valence-electron chi connectivity index (χ4n) is 14.0. The van der Waals surface area contributed by atoms with Gasteiger partial charge in [-0.1, -0.05) is 44.2 Å². The van der Waals surface area contributed by atoms with Crippen LogP contribution in [0.15, 0.2) is 84.9 Å². The molecule has 6 heterocycles. The van der Waals surface area contributed by atoms with Crippen molar-refractivity contribution in [3.05, 3.63) is 113 Å². The predicted molar refractivity (Wildman–Crippen MR) is 421 cm³/mol. The smallest absolute Gasteiger partial charge is 0.416 e. The summed E-state index contributed by atoms with van der Waals surface area (Å²) in [5.41, 5.74) is 2.53. The molecule has 0 bridgehead atoms. The number of hydrogen-bond donors (Lipinski definition) is 6. The number of nitrogens with one attached hydrogen (secondary N) is 4. The highest BCUT2D eigenvalue weighted by Crippen LogP contribution is 2.45. The number of anilines is 3. The van der Waals surface area contributed by atoms with Gasteiger partial charge in [-0.2, -0.15) is 0 Å². The number of carbonyl (C=O) groups excluding carboxylic acids is 9. The number of carbonyl (C=O) groups is 10. The maximum absolute atomic E-state index is 14.4. The summed E-state index contributed by atoms with van der Waals surface area (Å²) in [4.78, 5) is 137. The predicted octanol–water partition coefficient (Wildman–Crippen LogP) is 5.45. The molecule has 10 amide bonds. The fourth-order valence-corrected chi connectivity index (χ4v) is 14.0. The number of benzene rings is 4. The summed E-state index contributed by atoms with van der Waals surface area (Å²) in [6, 6.07) is 16.3. The Balaban J connectivity index is 0.594. The van der Waals surface area contributed by atoms with Gasteiger partial charge in [0.1, 0.15) is 31.9 Å². The van der Waals surface area contributed by atoms with Gasteiger partial charge in [-0.3, -0.25) is 43.3 Å². The summed E-state index contributed by atoms with van der Waals surface area (Å²) in [6.45, 7) is 11.6. The van der Waals surface area contributed by atoms with Gasteiger partial charge in [0.05, 0.1) is 155 Å². The summed E-state index contributed by atoms with van der Waals surface area (Å²) in [5, 5.41) is 33.7. The highest BCUT2D eigenvalue weighted by atomic mass is 16.7. The Bertz CT molecular complexity index is 4050. The van der Waals surface area contributed by atoms with Crippen LogP contribution in [0.3, 0.4) is 0 Å². The molecule has 3 fully saturated rings. The zero-order valence-corrected chi connectivity index (χ0v) is 67.4. The Morgan fingerprint density at radius 2 is 1.05 bits per heavy atom. The lowest BCUT2D eigenvalue weighted by Crippen LogP contribution is -2.53. The minimum absolute atomic E-state index is 0.0201. The Morgan fingerprint density at radius 3 is 1.57 bits per heavy atom. The molecule has 4 aromatic carbocycles. The van der Waals surface area contributed by atoms with Gasteiger partial charge in [0.2, 0.25) is 23.6 Å². The summed E-state index contributed by atoms with van der Waals surface area (Å²) in [7, 11) is 2.85. The third kappa shape index (κ3) is 25.7. The average molecular weight is 1650 g/mol. The molecular weight excluding hydrogens is 1540 g/mol. The molecule has 4 aromatic rings. The Morgan fingerprint density at radius 1 is 0.534 bits per heavy atom. The first kappa shape index (κ1) is 90.2. The van der Waals surface area contributed by atoms with Gasteiger partial charge in [-0.15, -0.1) is 0 Å². The third-order valence-corrected chi connectivity index (χ3v) is 20.2. The van der Waals surface area contributed by atoms with Crippen LogP contribution in [0.1, 0.15) is 116 Å². The topological polar surface area (TPSA) is 414 Å². The molecule has 6 aliphatic heterocycles. The van der Waals surface area contributed by atoms with Crippen molar-refractivity contribution in [1.29, 1.82) is 0 Å². The lowest BCUT2D eigenvalue weighted by molar-refractivity contribution is -0.195. The van der Waals surface area contributed by atoms with Gasteiger partial charge in [0.15, 0.2) is 41.7 Å². The number of imide groups is 1. The molecule has 3 saturated heterocycles. The van der Waals surface area contributed by atoms with Gasteiger partial charge < -0.3 is 112 Å². The molecule has 36 heteroatoms. The van der Waals surface area contributed by atoms with Crippen LogP contribution in [0, 0.1) is 5.92 Å². The highest BCUT2D eigenvalue weighted by Gasteiger charge is 2.49. The van der Waals surface area contributed by atoms with Crippen LogP contribution in [0.4, 0.5) is 26.7 Å². The van der Waals surface area contributed by atoms with Crippen LogP contribution in [0.25, 0.3) is 0 Å². The lowest BCUT2D eigenvalue weighted by Gasteiger charge is -2.37. The monoisotopic (exact) mass is 1650 g/mol. The van der Waals surface area contributed by atoms with Crippen molar-refractivity contribution in [2.45, 2.75) is 141 Å².